The molecule has 1 aromatic heterocycles. The van der Waals surface area contributed by atoms with Gasteiger partial charge in [0, 0.05) is 24.0 Å². The Morgan fingerprint density at radius 1 is 1.60 bits per heavy atom. The summed E-state index contributed by atoms with van der Waals surface area (Å²) in [6, 6.07) is 3.55. The van der Waals surface area contributed by atoms with Crippen molar-refractivity contribution in [1.82, 2.24) is 4.98 Å². The van der Waals surface area contributed by atoms with E-state index in [2.05, 4.69) is 4.98 Å². The first-order valence-corrected chi connectivity index (χ1v) is 5.40. The zero-order valence-electron chi connectivity index (χ0n) is 8.36. The van der Waals surface area contributed by atoms with Gasteiger partial charge in [-0.2, -0.15) is 0 Å². The molecule has 3 nitrogen and oxygen atoms in total. The van der Waals surface area contributed by atoms with Crippen LogP contribution in [0, 0.1) is 5.92 Å². The first kappa shape index (κ1) is 10.5. The topological polar surface area (TPSA) is 64.9 Å². The molecule has 80 valence electrons. The van der Waals surface area contributed by atoms with Crippen LogP contribution in [0.15, 0.2) is 24.5 Å². The van der Waals surface area contributed by atoms with Crippen molar-refractivity contribution < 1.29 is 0 Å². The van der Waals surface area contributed by atoms with Crippen LogP contribution in [-0.2, 0) is 0 Å². The molecule has 0 saturated heterocycles. The molecule has 2 rings (SSSR count). The van der Waals surface area contributed by atoms with Crippen LogP contribution in [0.3, 0.4) is 0 Å². The van der Waals surface area contributed by atoms with Crippen molar-refractivity contribution in [3.8, 4) is 0 Å². The quantitative estimate of drug-likeness (QED) is 0.821. The summed E-state index contributed by atoms with van der Waals surface area (Å²) in [4.78, 5) is 4.22. The Morgan fingerprint density at radius 3 is 2.87 bits per heavy atom. The third-order valence-corrected chi connectivity index (χ3v) is 3.01. The largest absolute Gasteiger partial charge is 0.404 e. The lowest BCUT2D eigenvalue weighted by Gasteiger charge is -2.15. The Kier molecular flexibility index (Phi) is 2.93. The number of nitrogens with zero attached hydrogens (tertiary/aromatic N) is 1. The maximum atomic E-state index is 6.09. The molecule has 1 atom stereocenters. The van der Waals surface area contributed by atoms with Crippen LogP contribution >= 0.6 is 11.6 Å². The van der Waals surface area contributed by atoms with Crippen molar-refractivity contribution in [3.05, 3.63) is 35.2 Å². The number of aromatic nitrogens is 1. The minimum atomic E-state index is -0.0394. The molecule has 0 aliphatic heterocycles. The first-order chi connectivity index (χ1) is 7.24. The minimum absolute atomic E-state index is 0.0394. The lowest BCUT2D eigenvalue weighted by atomic mass is 10.0. The van der Waals surface area contributed by atoms with Gasteiger partial charge in [0.25, 0.3) is 0 Å². The van der Waals surface area contributed by atoms with Crippen LogP contribution in [0.25, 0.3) is 5.57 Å². The smallest absolute Gasteiger partial charge is 0.0877 e. The predicted molar refractivity (Wildman–Crippen MR) is 62.1 cm³/mol. The van der Waals surface area contributed by atoms with Gasteiger partial charge in [-0.1, -0.05) is 11.6 Å². The number of hydrogen-bond acceptors (Lipinski definition) is 3. The van der Waals surface area contributed by atoms with E-state index in [0.717, 1.165) is 5.57 Å². The summed E-state index contributed by atoms with van der Waals surface area (Å²) in [7, 11) is 0. The lowest BCUT2D eigenvalue weighted by molar-refractivity contribution is 0.722. The average molecular weight is 224 g/mol. The molecule has 1 aromatic rings. The second-order valence-corrected chi connectivity index (χ2v) is 4.23. The zero-order chi connectivity index (χ0) is 10.8. The first-order valence-electron chi connectivity index (χ1n) is 5.02. The van der Waals surface area contributed by atoms with E-state index in [1.807, 2.05) is 0 Å². The van der Waals surface area contributed by atoms with Gasteiger partial charge in [-0.3, -0.25) is 4.98 Å². The van der Waals surface area contributed by atoms with Gasteiger partial charge in [-0.25, -0.2) is 0 Å². The molecule has 1 aliphatic rings. The van der Waals surface area contributed by atoms with Gasteiger partial charge in [-0.05, 0) is 30.9 Å². The molecule has 1 unspecified atom stereocenters. The van der Waals surface area contributed by atoms with Crippen molar-refractivity contribution in [2.75, 3.05) is 0 Å². The summed E-state index contributed by atoms with van der Waals surface area (Å²) in [6.07, 6.45) is 5.56. The number of nitrogens with two attached hydrogens (primary N) is 2. The Morgan fingerprint density at radius 2 is 2.33 bits per heavy atom. The van der Waals surface area contributed by atoms with Gasteiger partial charge >= 0.3 is 0 Å². The molecule has 0 radical (unpaired) electrons. The monoisotopic (exact) mass is 223 g/mol. The fourth-order valence-corrected chi connectivity index (χ4v) is 1.89. The molecular weight excluding hydrogens is 210 g/mol. The molecule has 0 bridgehead atoms. The lowest BCUT2D eigenvalue weighted by Crippen LogP contribution is -2.25. The number of rotatable bonds is 3. The second-order valence-electron chi connectivity index (χ2n) is 3.82. The SMILES string of the molecule is N/C=C(/c1ncccc1Cl)C(N)C1CC1. The molecular formula is C11H14ClN3. The predicted octanol–water partition coefficient (Wildman–Crippen LogP) is 1.77. The van der Waals surface area contributed by atoms with Gasteiger partial charge in [0.2, 0.25) is 0 Å². The van der Waals surface area contributed by atoms with E-state index in [9.17, 15) is 0 Å². The zero-order valence-corrected chi connectivity index (χ0v) is 9.11. The fourth-order valence-electron chi connectivity index (χ4n) is 1.66. The van der Waals surface area contributed by atoms with Gasteiger partial charge in [0.1, 0.15) is 0 Å². The van der Waals surface area contributed by atoms with Crippen molar-refractivity contribution in [3.63, 3.8) is 0 Å². The summed E-state index contributed by atoms with van der Waals surface area (Å²) < 4.78 is 0. The molecule has 15 heavy (non-hydrogen) atoms. The van der Waals surface area contributed by atoms with Crippen LogP contribution in [0.1, 0.15) is 18.5 Å². The van der Waals surface area contributed by atoms with Crippen molar-refractivity contribution in [1.29, 1.82) is 0 Å². The highest BCUT2D eigenvalue weighted by atomic mass is 35.5. The van der Waals surface area contributed by atoms with Crippen molar-refractivity contribution in [2.45, 2.75) is 18.9 Å². The van der Waals surface area contributed by atoms with Crippen molar-refractivity contribution in [2.24, 2.45) is 17.4 Å². The molecule has 4 heteroatoms. The van der Waals surface area contributed by atoms with Crippen LogP contribution in [0.2, 0.25) is 5.02 Å². The van der Waals surface area contributed by atoms with E-state index in [1.54, 1.807) is 18.3 Å². The third kappa shape index (κ3) is 2.13. The molecule has 0 spiro atoms. The highest BCUT2D eigenvalue weighted by molar-refractivity contribution is 6.32. The van der Waals surface area contributed by atoms with E-state index >= 15 is 0 Å². The number of pyridine rings is 1. The molecule has 0 amide bonds. The highest BCUT2D eigenvalue weighted by Crippen LogP contribution is 2.37. The maximum absolute atomic E-state index is 6.09. The van der Waals surface area contributed by atoms with Crippen LogP contribution < -0.4 is 11.5 Å². The Bertz CT molecular complexity index is 385. The van der Waals surface area contributed by atoms with Gasteiger partial charge in [0.05, 0.1) is 10.7 Å². The van der Waals surface area contributed by atoms with Crippen LogP contribution in [0.4, 0.5) is 0 Å². The third-order valence-electron chi connectivity index (χ3n) is 2.70. The molecule has 4 N–H and O–H groups in total. The van der Waals surface area contributed by atoms with Crippen LogP contribution in [0.5, 0.6) is 0 Å². The molecule has 1 heterocycles. The Labute approximate surface area is 94.1 Å². The number of hydrogen-bond donors (Lipinski definition) is 2. The van der Waals surface area contributed by atoms with Gasteiger partial charge in [-0.15, -0.1) is 0 Å². The Balaban J connectivity index is 2.30. The normalized spacial score (nSPS) is 18.9. The molecule has 1 fully saturated rings. The second kappa shape index (κ2) is 4.21. The summed E-state index contributed by atoms with van der Waals surface area (Å²) in [5.74, 6) is 0.540. The van der Waals surface area contributed by atoms with E-state index in [1.165, 1.54) is 19.0 Å². The summed E-state index contributed by atoms with van der Waals surface area (Å²) in [6.45, 7) is 0. The van der Waals surface area contributed by atoms with E-state index in [4.69, 9.17) is 23.1 Å². The highest BCUT2D eigenvalue weighted by Gasteiger charge is 2.32. The van der Waals surface area contributed by atoms with Crippen LogP contribution in [-0.4, -0.2) is 11.0 Å². The maximum Gasteiger partial charge on any atom is 0.0877 e. The molecule has 0 aromatic carbocycles. The standard InChI is InChI=1S/C11H14ClN3/c12-9-2-1-5-15-11(9)8(6-13)10(14)7-3-4-7/h1-2,5-7,10H,3-4,13-14H2/b8-6+. The van der Waals surface area contributed by atoms with Gasteiger partial charge in [0.15, 0.2) is 0 Å². The number of halogens is 1. The molecule has 1 saturated carbocycles. The fraction of sp³-hybridized carbons (Fsp3) is 0.364. The van der Waals surface area contributed by atoms with Gasteiger partial charge < -0.3 is 11.5 Å². The summed E-state index contributed by atoms with van der Waals surface area (Å²) in [5.41, 5.74) is 13.2. The summed E-state index contributed by atoms with van der Waals surface area (Å²) >= 11 is 6.05. The summed E-state index contributed by atoms with van der Waals surface area (Å²) in [5, 5.41) is 0.602. The van der Waals surface area contributed by atoms with E-state index < -0.39 is 0 Å². The van der Waals surface area contributed by atoms with E-state index in [-0.39, 0.29) is 6.04 Å². The Hall–Kier alpha value is -1.06. The van der Waals surface area contributed by atoms with E-state index in [0.29, 0.717) is 16.6 Å². The molecule has 1 aliphatic carbocycles. The average Bonchev–Trinajstić information content (AvgIpc) is 3.05. The van der Waals surface area contributed by atoms with Crippen molar-refractivity contribution >= 4 is 17.2 Å². The minimum Gasteiger partial charge on any atom is -0.404 e.